The van der Waals surface area contributed by atoms with Gasteiger partial charge in [0.1, 0.15) is 12.0 Å². The number of likely N-dealkylation sites (N-methyl/N-ethyl adjacent to an activating group) is 1. The molecule has 0 bridgehead atoms. The molecule has 3 heteroatoms. The summed E-state index contributed by atoms with van der Waals surface area (Å²) in [5.41, 5.74) is 4.35. The van der Waals surface area contributed by atoms with Crippen LogP contribution >= 0.6 is 0 Å². The Morgan fingerprint density at radius 3 is 2.24 bits per heavy atom. The summed E-state index contributed by atoms with van der Waals surface area (Å²) in [5, 5.41) is 0. The number of benzene rings is 1. The Balaban J connectivity index is 3.50. The molecule has 1 unspecified atom stereocenters. The lowest BCUT2D eigenvalue weighted by Gasteiger charge is -2.25. The summed E-state index contributed by atoms with van der Waals surface area (Å²) in [6, 6.07) is 1.84. The Kier molecular flexibility index (Phi) is 4.29. The summed E-state index contributed by atoms with van der Waals surface area (Å²) >= 11 is 0. The van der Waals surface area contributed by atoms with E-state index in [1.165, 1.54) is 5.56 Å². The van der Waals surface area contributed by atoms with Gasteiger partial charge in [-0.05, 0) is 51.6 Å². The van der Waals surface area contributed by atoms with Crippen LogP contribution in [0.3, 0.4) is 0 Å². The second-order valence-electron chi connectivity index (χ2n) is 4.63. The van der Waals surface area contributed by atoms with E-state index < -0.39 is 0 Å². The van der Waals surface area contributed by atoms with Crippen molar-refractivity contribution in [1.82, 2.24) is 4.90 Å². The number of hydrogen-bond acceptors (Lipinski definition) is 3. The van der Waals surface area contributed by atoms with Crippen molar-refractivity contribution in [3.63, 3.8) is 0 Å². The zero-order valence-corrected chi connectivity index (χ0v) is 11.5. The van der Waals surface area contributed by atoms with E-state index in [4.69, 9.17) is 4.74 Å². The highest BCUT2D eigenvalue weighted by atomic mass is 16.5. The number of carbonyl (C=O) groups is 1. The molecule has 0 aliphatic carbocycles. The van der Waals surface area contributed by atoms with Crippen LogP contribution in [0.2, 0.25) is 0 Å². The Hall–Kier alpha value is -1.35. The van der Waals surface area contributed by atoms with Crippen LogP contribution in [0, 0.1) is 20.8 Å². The monoisotopic (exact) mass is 235 g/mol. The van der Waals surface area contributed by atoms with Crippen LogP contribution in [0.4, 0.5) is 0 Å². The van der Waals surface area contributed by atoms with Crippen molar-refractivity contribution < 1.29 is 9.53 Å². The van der Waals surface area contributed by atoms with Gasteiger partial charge in [-0.15, -0.1) is 0 Å². The van der Waals surface area contributed by atoms with Crippen molar-refractivity contribution in [2.24, 2.45) is 0 Å². The Labute approximate surface area is 103 Å². The predicted molar refractivity (Wildman–Crippen MR) is 69.7 cm³/mol. The van der Waals surface area contributed by atoms with E-state index in [2.05, 4.69) is 13.0 Å². The summed E-state index contributed by atoms with van der Waals surface area (Å²) in [4.78, 5) is 13.2. The van der Waals surface area contributed by atoms with Crippen molar-refractivity contribution in [3.8, 4) is 5.75 Å². The maximum absolute atomic E-state index is 11.3. The quantitative estimate of drug-likeness (QED) is 0.751. The molecular weight excluding hydrogens is 214 g/mol. The standard InChI is InChI=1S/C14H21NO2/c1-9-7-10(2)13(12(8-16)15(4)5)14(17-6)11(9)3/h7-8,12H,1-6H3. The average molecular weight is 235 g/mol. The Bertz CT molecular complexity index is 425. The topological polar surface area (TPSA) is 29.5 Å². The normalized spacial score (nSPS) is 12.6. The molecule has 0 N–H and O–H groups in total. The van der Waals surface area contributed by atoms with Gasteiger partial charge in [0.05, 0.1) is 13.2 Å². The van der Waals surface area contributed by atoms with Gasteiger partial charge in [0.15, 0.2) is 0 Å². The molecule has 1 aromatic carbocycles. The molecule has 0 fully saturated rings. The van der Waals surface area contributed by atoms with Crippen molar-refractivity contribution in [2.75, 3.05) is 21.2 Å². The first-order valence-electron chi connectivity index (χ1n) is 5.70. The van der Waals surface area contributed by atoms with Crippen molar-refractivity contribution >= 4 is 6.29 Å². The van der Waals surface area contributed by atoms with Gasteiger partial charge in [-0.1, -0.05) is 6.07 Å². The molecular formula is C14H21NO2. The fourth-order valence-corrected chi connectivity index (χ4v) is 2.15. The van der Waals surface area contributed by atoms with Crippen molar-refractivity contribution in [2.45, 2.75) is 26.8 Å². The van der Waals surface area contributed by atoms with Crippen LogP contribution in [0.5, 0.6) is 5.75 Å². The third-order valence-electron chi connectivity index (χ3n) is 3.22. The fraction of sp³-hybridized carbons (Fsp3) is 0.500. The van der Waals surface area contributed by atoms with E-state index in [-0.39, 0.29) is 6.04 Å². The number of carbonyl (C=O) groups excluding carboxylic acids is 1. The summed E-state index contributed by atoms with van der Waals surface area (Å²) in [6.45, 7) is 6.10. The number of aryl methyl sites for hydroxylation is 2. The number of aldehydes is 1. The molecule has 0 amide bonds. The van der Waals surface area contributed by atoms with E-state index in [1.54, 1.807) is 7.11 Å². The number of methoxy groups -OCH3 is 1. The molecule has 1 rings (SSSR count). The molecule has 1 atom stereocenters. The summed E-state index contributed by atoms with van der Waals surface area (Å²) < 4.78 is 5.49. The van der Waals surface area contributed by atoms with E-state index in [0.717, 1.165) is 28.7 Å². The molecule has 0 aromatic heterocycles. The van der Waals surface area contributed by atoms with Crippen LogP contribution in [0.25, 0.3) is 0 Å². The van der Waals surface area contributed by atoms with Gasteiger partial charge in [-0.3, -0.25) is 4.90 Å². The van der Waals surface area contributed by atoms with Crippen LogP contribution < -0.4 is 4.74 Å². The minimum Gasteiger partial charge on any atom is -0.496 e. The van der Waals surface area contributed by atoms with Crippen LogP contribution in [-0.2, 0) is 4.79 Å². The van der Waals surface area contributed by atoms with Gasteiger partial charge in [0.25, 0.3) is 0 Å². The minimum atomic E-state index is -0.260. The summed E-state index contributed by atoms with van der Waals surface area (Å²) in [6.07, 6.45) is 0.958. The highest BCUT2D eigenvalue weighted by Crippen LogP contribution is 2.34. The van der Waals surface area contributed by atoms with E-state index in [1.807, 2.05) is 32.8 Å². The average Bonchev–Trinajstić information content (AvgIpc) is 2.26. The molecule has 0 radical (unpaired) electrons. The van der Waals surface area contributed by atoms with Gasteiger partial charge >= 0.3 is 0 Å². The second kappa shape index (κ2) is 5.32. The van der Waals surface area contributed by atoms with Gasteiger partial charge in [0.2, 0.25) is 0 Å². The maximum atomic E-state index is 11.3. The number of nitrogens with zero attached hydrogens (tertiary/aromatic N) is 1. The van der Waals surface area contributed by atoms with Gasteiger partial charge in [-0.25, -0.2) is 0 Å². The predicted octanol–water partition coefficient (Wildman–Crippen LogP) is 2.42. The highest BCUT2D eigenvalue weighted by molar-refractivity contribution is 5.67. The van der Waals surface area contributed by atoms with E-state index in [9.17, 15) is 4.79 Å². The Morgan fingerprint density at radius 2 is 1.82 bits per heavy atom. The van der Waals surface area contributed by atoms with E-state index in [0.29, 0.717) is 0 Å². The highest BCUT2D eigenvalue weighted by Gasteiger charge is 2.22. The van der Waals surface area contributed by atoms with Crippen LogP contribution in [0.15, 0.2) is 6.07 Å². The molecule has 0 saturated carbocycles. The first-order chi connectivity index (χ1) is 7.93. The number of rotatable bonds is 4. The molecule has 0 saturated heterocycles. The number of hydrogen-bond donors (Lipinski definition) is 0. The van der Waals surface area contributed by atoms with Crippen LogP contribution in [-0.4, -0.2) is 32.4 Å². The smallest absolute Gasteiger partial charge is 0.141 e. The van der Waals surface area contributed by atoms with Crippen molar-refractivity contribution in [3.05, 3.63) is 28.3 Å². The Morgan fingerprint density at radius 1 is 1.24 bits per heavy atom. The molecule has 0 heterocycles. The largest absolute Gasteiger partial charge is 0.496 e. The third-order valence-corrected chi connectivity index (χ3v) is 3.22. The van der Waals surface area contributed by atoms with Crippen molar-refractivity contribution in [1.29, 1.82) is 0 Å². The minimum absolute atomic E-state index is 0.260. The molecule has 0 aliphatic heterocycles. The van der Waals surface area contributed by atoms with Gasteiger partial charge in [0, 0.05) is 5.56 Å². The molecule has 17 heavy (non-hydrogen) atoms. The molecule has 94 valence electrons. The summed E-state index contributed by atoms with van der Waals surface area (Å²) in [7, 11) is 5.45. The number of ether oxygens (including phenoxy) is 1. The molecule has 1 aromatic rings. The zero-order valence-electron chi connectivity index (χ0n) is 11.5. The first-order valence-corrected chi connectivity index (χ1v) is 5.70. The second-order valence-corrected chi connectivity index (χ2v) is 4.63. The lowest BCUT2D eigenvalue weighted by atomic mass is 9.94. The third kappa shape index (κ3) is 2.50. The molecule has 3 nitrogen and oxygen atoms in total. The SMILES string of the molecule is COc1c(C)c(C)cc(C)c1C(C=O)N(C)C. The zero-order chi connectivity index (χ0) is 13.2. The molecule has 0 spiro atoms. The van der Waals surface area contributed by atoms with Gasteiger partial charge in [-0.2, -0.15) is 0 Å². The van der Waals surface area contributed by atoms with Crippen LogP contribution in [0.1, 0.15) is 28.3 Å². The fourth-order valence-electron chi connectivity index (χ4n) is 2.15. The lowest BCUT2D eigenvalue weighted by Crippen LogP contribution is -2.23. The lowest BCUT2D eigenvalue weighted by molar-refractivity contribution is -0.111. The first kappa shape index (κ1) is 13.7. The van der Waals surface area contributed by atoms with Gasteiger partial charge < -0.3 is 9.53 Å². The molecule has 0 aliphatic rings. The summed E-state index contributed by atoms with van der Waals surface area (Å²) in [5.74, 6) is 0.827. The maximum Gasteiger partial charge on any atom is 0.141 e. The van der Waals surface area contributed by atoms with E-state index >= 15 is 0 Å².